The van der Waals surface area contributed by atoms with Crippen LogP contribution in [0.15, 0.2) is 52.5 Å². The maximum absolute atomic E-state index is 14.9. The Kier molecular flexibility index (Phi) is 11.0. The second-order valence-corrected chi connectivity index (χ2v) is 13.1. The highest BCUT2D eigenvalue weighted by molar-refractivity contribution is 7.91. The number of fused-ring (bicyclic) bond motifs is 1. The molecule has 15 heteroatoms. The van der Waals surface area contributed by atoms with Gasteiger partial charge in [-0.15, -0.1) is 0 Å². The number of aromatic nitrogens is 1. The number of nitrogens with zero attached hydrogens (tertiary/aromatic N) is 1. The van der Waals surface area contributed by atoms with Gasteiger partial charge < -0.3 is 25.2 Å². The molecule has 230 valence electrons. The van der Waals surface area contributed by atoms with Crippen LogP contribution < -0.4 is 21.0 Å². The summed E-state index contributed by atoms with van der Waals surface area (Å²) in [5.74, 6) is 0.172. The molecule has 0 aliphatic rings. The molecule has 0 amide bonds. The molecular formula is C27H33ClF2N3O7PS. The number of hydrogen-bond donors (Lipinski definition) is 4. The summed E-state index contributed by atoms with van der Waals surface area (Å²) in [6.45, 7) is 5.59. The van der Waals surface area contributed by atoms with Crippen molar-refractivity contribution in [3.63, 3.8) is 0 Å². The van der Waals surface area contributed by atoms with E-state index in [0.29, 0.717) is 32.6 Å². The number of H-pyrrole nitrogens is 1. The molecular weight excluding hydrogens is 615 g/mol. The van der Waals surface area contributed by atoms with E-state index in [2.05, 4.69) is 16.1 Å². The number of sulfone groups is 1. The van der Waals surface area contributed by atoms with E-state index in [4.69, 9.17) is 31.9 Å². The summed E-state index contributed by atoms with van der Waals surface area (Å²) in [6.07, 6.45) is 2.05. The van der Waals surface area contributed by atoms with E-state index < -0.39 is 49.9 Å². The van der Waals surface area contributed by atoms with Crippen LogP contribution in [0.4, 0.5) is 8.78 Å². The minimum Gasteiger partial charge on any atom is -0.491 e. The first-order valence-corrected chi connectivity index (χ1v) is 16.4. The maximum atomic E-state index is 14.9. The second kappa shape index (κ2) is 13.7. The predicted octanol–water partition coefficient (Wildman–Crippen LogP) is 3.65. The Labute approximate surface area is 247 Å². The lowest BCUT2D eigenvalue weighted by atomic mass is 10.00. The van der Waals surface area contributed by atoms with Gasteiger partial charge in [-0.1, -0.05) is 44.2 Å². The monoisotopic (exact) mass is 647 g/mol. The topological polar surface area (TPSA) is 155 Å². The number of hydrogen-bond acceptors (Lipinski definition) is 7. The average Bonchev–Trinajstić information content (AvgIpc) is 3.26. The summed E-state index contributed by atoms with van der Waals surface area (Å²) >= 11 is 6.20. The van der Waals surface area contributed by atoms with Gasteiger partial charge in [0.2, 0.25) is 0 Å². The van der Waals surface area contributed by atoms with Gasteiger partial charge in [-0.05, 0) is 41.5 Å². The predicted molar refractivity (Wildman–Crippen MR) is 159 cm³/mol. The second-order valence-electron chi connectivity index (χ2n) is 9.17. The number of halogens is 3. The molecule has 3 aromatic rings. The van der Waals surface area contributed by atoms with Gasteiger partial charge in [-0.2, -0.15) is 8.78 Å². The van der Waals surface area contributed by atoms with Crippen LogP contribution in [0.3, 0.4) is 0 Å². The maximum Gasteiger partial charge on any atom is 0.469 e. The van der Waals surface area contributed by atoms with Gasteiger partial charge in [0.05, 0.1) is 40.8 Å². The van der Waals surface area contributed by atoms with Crippen LogP contribution in [0.1, 0.15) is 20.3 Å². The van der Waals surface area contributed by atoms with Gasteiger partial charge in [0.1, 0.15) is 5.75 Å². The van der Waals surface area contributed by atoms with Crippen LogP contribution in [-0.4, -0.2) is 66.2 Å². The number of aromatic amines is 1. The first kappa shape index (κ1) is 33.7. The molecule has 0 atom stereocenters. The first-order valence-electron chi connectivity index (χ1n) is 12.8. The highest BCUT2D eigenvalue weighted by Gasteiger charge is 2.36. The standard InChI is InChI=1S/C27H33ClF2N3O7PS/c1-4-33(12-14-40-41(34,35)36)27(29,30)11-13-39-24-10-9-22(19-7-6-8-21(15-19)42(37,38)5-2)25-23(16-20(28)17-31)18(3)32-26(24)25/h6-10,15-17,32H,3-5,11-14,31H2,1-2H3,(H2,34,35,36)/b20-17+,23-16+. The van der Waals surface area contributed by atoms with Gasteiger partial charge >= 0.3 is 13.9 Å². The molecule has 3 rings (SSSR count). The first-order chi connectivity index (χ1) is 19.6. The third kappa shape index (κ3) is 8.19. The zero-order valence-corrected chi connectivity index (χ0v) is 25.5. The SMILES string of the molecule is C=c1[nH]c2c(OCCC(F)(F)N(CC)CCOP(=O)(O)O)ccc(-c3cccc(S(=O)(=O)CC)c3)c2/c1=C/C(Cl)=C\N. The number of ether oxygens (including phenoxy) is 1. The Hall–Kier alpha value is -2.77. The Balaban J connectivity index is 2.00. The number of benzene rings is 2. The quantitative estimate of drug-likeness (QED) is 0.152. The van der Waals surface area contributed by atoms with Crippen LogP contribution in [0.25, 0.3) is 34.7 Å². The molecule has 2 aromatic carbocycles. The zero-order valence-electron chi connectivity index (χ0n) is 23.0. The molecule has 0 unspecified atom stereocenters. The Morgan fingerprint density at radius 2 is 1.95 bits per heavy atom. The molecule has 0 saturated heterocycles. The van der Waals surface area contributed by atoms with Crippen LogP contribution in [-0.2, 0) is 18.9 Å². The number of nitrogens with one attached hydrogen (secondary N) is 1. The number of allylic oxidation sites excluding steroid dienone is 1. The third-order valence-electron chi connectivity index (χ3n) is 6.49. The zero-order chi connectivity index (χ0) is 31.3. The lowest BCUT2D eigenvalue weighted by molar-refractivity contribution is -0.156. The molecule has 1 aromatic heterocycles. The number of alkyl halides is 2. The van der Waals surface area contributed by atoms with Crippen LogP contribution in [0, 0.1) is 0 Å². The van der Waals surface area contributed by atoms with E-state index in [1.54, 1.807) is 43.3 Å². The molecule has 5 N–H and O–H groups in total. The normalized spacial score (nSPS) is 13.8. The highest BCUT2D eigenvalue weighted by atomic mass is 35.5. The highest BCUT2D eigenvalue weighted by Crippen LogP contribution is 2.36. The van der Waals surface area contributed by atoms with E-state index >= 15 is 0 Å². The van der Waals surface area contributed by atoms with Gasteiger partial charge in [-0.25, -0.2) is 17.9 Å². The van der Waals surface area contributed by atoms with Crippen molar-refractivity contribution in [2.75, 3.05) is 32.1 Å². The van der Waals surface area contributed by atoms with Crippen LogP contribution >= 0.6 is 19.4 Å². The van der Waals surface area contributed by atoms with E-state index in [9.17, 15) is 21.8 Å². The Bertz CT molecular complexity index is 1730. The van der Waals surface area contributed by atoms with E-state index in [-0.39, 0.29) is 28.0 Å². The summed E-state index contributed by atoms with van der Waals surface area (Å²) in [5.41, 5.74) is 7.21. The summed E-state index contributed by atoms with van der Waals surface area (Å²) in [7, 11) is -8.27. The molecule has 0 bridgehead atoms. The fraction of sp³-hybridized carbons (Fsp3) is 0.333. The number of phosphoric acid groups is 1. The molecule has 0 saturated carbocycles. The summed E-state index contributed by atoms with van der Waals surface area (Å²) < 4.78 is 75.9. The lowest BCUT2D eigenvalue weighted by Crippen LogP contribution is -2.44. The average molecular weight is 648 g/mol. The summed E-state index contributed by atoms with van der Waals surface area (Å²) in [4.78, 5) is 21.6. The fourth-order valence-electron chi connectivity index (χ4n) is 4.35. The van der Waals surface area contributed by atoms with E-state index in [0.717, 1.165) is 4.90 Å². The molecule has 0 radical (unpaired) electrons. The van der Waals surface area contributed by atoms with Crippen molar-refractivity contribution in [1.82, 2.24) is 9.88 Å². The van der Waals surface area contributed by atoms with E-state index in [1.165, 1.54) is 19.2 Å². The minimum absolute atomic E-state index is 0.0709. The summed E-state index contributed by atoms with van der Waals surface area (Å²) in [5, 5.41) is 1.77. The number of likely N-dealkylation sites (N-methyl/N-ethyl adjacent to an activating group) is 1. The molecule has 10 nitrogen and oxygen atoms in total. The van der Waals surface area contributed by atoms with Crippen LogP contribution in [0.5, 0.6) is 5.75 Å². The fourth-order valence-corrected chi connectivity index (χ4v) is 5.71. The van der Waals surface area contributed by atoms with E-state index in [1.807, 2.05) is 0 Å². The number of nitrogens with two attached hydrogens (primary N) is 1. The van der Waals surface area contributed by atoms with Crippen LogP contribution in [0.2, 0.25) is 0 Å². The molecule has 0 aliphatic heterocycles. The minimum atomic E-state index is -4.78. The van der Waals surface area contributed by atoms with Crippen molar-refractivity contribution in [2.24, 2.45) is 5.73 Å². The smallest absolute Gasteiger partial charge is 0.469 e. The Morgan fingerprint density at radius 3 is 2.57 bits per heavy atom. The molecule has 1 heterocycles. The van der Waals surface area contributed by atoms with Crippen molar-refractivity contribution in [3.8, 4) is 16.9 Å². The molecule has 0 spiro atoms. The van der Waals surface area contributed by atoms with Crippen molar-refractivity contribution in [2.45, 2.75) is 31.2 Å². The van der Waals surface area contributed by atoms with Crippen molar-refractivity contribution >= 4 is 52.8 Å². The Morgan fingerprint density at radius 1 is 1.24 bits per heavy atom. The number of rotatable bonds is 14. The van der Waals surface area contributed by atoms with Gasteiger partial charge in [0.25, 0.3) is 0 Å². The molecule has 0 aliphatic carbocycles. The van der Waals surface area contributed by atoms with Crippen molar-refractivity contribution in [1.29, 1.82) is 0 Å². The van der Waals surface area contributed by atoms with Crippen molar-refractivity contribution in [3.05, 3.63) is 58.2 Å². The third-order valence-corrected chi connectivity index (χ3v) is 8.97. The number of phosphoric ester groups is 1. The van der Waals surface area contributed by atoms with Gasteiger partial charge in [0.15, 0.2) is 9.84 Å². The lowest BCUT2D eigenvalue weighted by Gasteiger charge is -2.30. The summed E-state index contributed by atoms with van der Waals surface area (Å²) in [6, 6.07) is 6.37. The molecule has 42 heavy (non-hydrogen) atoms. The van der Waals surface area contributed by atoms with Gasteiger partial charge in [0, 0.05) is 35.2 Å². The largest absolute Gasteiger partial charge is 0.491 e. The van der Waals surface area contributed by atoms with Gasteiger partial charge in [-0.3, -0.25) is 4.52 Å². The molecule has 0 fully saturated rings. The van der Waals surface area contributed by atoms with Crippen molar-refractivity contribution < 1.29 is 40.8 Å².